The molecule has 0 aliphatic rings. The summed E-state index contributed by atoms with van der Waals surface area (Å²) < 4.78 is 5.10. The molecule has 4 heteroatoms. The summed E-state index contributed by atoms with van der Waals surface area (Å²) in [5, 5.41) is 17.4. The van der Waals surface area contributed by atoms with Gasteiger partial charge in [-0.2, -0.15) is 5.26 Å². The first-order chi connectivity index (χ1) is 7.08. The number of rotatable bonds is 3. The number of ether oxygens (including phenoxy) is 1. The number of carboxylic acids is 1. The minimum atomic E-state index is -0.942. The molecule has 0 amide bonds. The van der Waals surface area contributed by atoms with Crippen molar-refractivity contribution in [3.63, 3.8) is 0 Å². The van der Waals surface area contributed by atoms with Crippen LogP contribution in [0.5, 0.6) is 5.75 Å². The van der Waals surface area contributed by atoms with Crippen LogP contribution in [0.1, 0.15) is 16.7 Å². The summed E-state index contributed by atoms with van der Waals surface area (Å²) in [5.41, 5.74) is 1.75. The van der Waals surface area contributed by atoms with Gasteiger partial charge in [0.15, 0.2) is 0 Å². The minimum absolute atomic E-state index is 0.139. The molecule has 0 saturated carbocycles. The molecule has 0 aromatic heterocycles. The summed E-state index contributed by atoms with van der Waals surface area (Å²) in [5.74, 6) is -0.404. The molecule has 1 rings (SSSR count). The van der Waals surface area contributed by atoms with Crippen LogP contribution in [0.3, 0.4) is 0 Å². The number of aryl methyl sites for hydroxylation is 1. The van der Waals surface area contributed by atoms with Crippen LogP contribution < -0.4 is 4.74 Å². The fourth-order valence-electron chi connectivity index (χ4n) is 1.50. The lowest BCUT2D eigenvalue weighted by molar-refractivity contribution is -0.136. The molecule has 4 nitrogen and oxygen atoms in total. The Morgan fingerprint density at radius 1 is 1.60 bits per heavy atom. The molecular weight excluding hydrogens is 194 g/mol. The largest absolute Gasteiger partial charge is 0.496 e. The highest BCUT2D eigenvalue weighted by molar-refractivity contribution is 5.72. The van der Waals surface area contributed by atoms with Crippen LogP contribution in [-0.4, -0.2) is 18.2 Å². The topological polar surface area (TPSA) is 70.3 Å². The zero-order valence-corrected chi connectivity index (χ0v) is 8.57. The minimum Gasteiger partial charge on any atom is -0.496 e. The molecule has 0 saturated heterocycles. The number of hydrogen-bond acceptors (Lipinski definition) is 3. The Balaban J connectivity index is 3.27. The van der Waals surface area contributed by atoms with Crippen molar-refractivity contribution in [2.24, 2.45) is 0 Å². The number of nitrogens with zero attached hydrogens (tertiary/aromatic N) is 1. The molecule has 0 aliphatic heterocycles. The van der Waals surface area contributed by atoms with Crippen LogP contribution in [0.25, 0.3) is 0 Å². The van der Waals surface area contributed by atoms with Crippen molar-refractivity contribution in [2.45, 2.75) is 13.3 Å². The van der Waals surface area contributed by atoms with Gasteiger partial charge in [-0.3, -0.25) is 4.79 Å². The van der Waals surface area contributed by atoms with E-state index in [1.807, 2.05) is 6.07 Å². The van der Waals surface area contributed by atoms with E-state index in [4.69, 9.17) is 15.1 Å². The molecule has 0 radical (unpaired) electrons. The van der Waals surface area contributed by atoms with E-state index in [2.05, 4.69) is 0 Å². The lowest BCUT2D eigenvalue weighted by Crippen LogP contribution is -2.04. The number of carbonyl (C=O) groups is 1. The molecule has 1 aromatic carbocycles. The predicted octanol–water partition coefficient (Wildman–Crippen LogP) is 1.50. The second-order valence-electron chi connectivity index (χ2n) is 3.17. The van der Waals surface area contributed by atoms with Gasteiger partial charge in [-0.05, 0) is 24.6 Å². The normalized spacial score (nSPS) is 9.40. The van der Waals surface area contributed by atoms with E-state index in [-0.39, 0.29) is 6.42 Å². The number of carboxylic acid groups (broad SMARTS) is 1. The number of benzene rings is 1. The van der Waals surface area contributed by atoms with Gasteiger partial charge in [-0.1, -0.05) is 0 Å². The lowest BCUT2D eigenvalue weighted by atomic mass is 10.0. The molecule has 1 aromatic rings. The maximum atomic E-state index is 10.6. The van der Waals surface area contributed by atoms with Crippen molar-refractivity contribution in [3.8, 4) is 11.8 Å². The van der Waals surface area contributed by atoms with Crippen LogP contribution in [0.4, 0.5) is 0 Å². The van der Waals surface area contributed by atoms with Gasteiger partial charge in [-0.15, -0.1) is 0 Å². The van der Waals surface area contributed by atoms with E-state index >= 15 is 0 Å². The molecular formula is C11H11NO3. The molecule has 0 fully saturated rings. The quantitative estimate of drug-likeness (QED) is 0.811. The van der Waals surface area contributed by atoms with Crippen molar-refractivity contribution >= 4 is 5.97 Å². The first-order valence-electron chi connectivity index (χ1n) is 4.38. The van der Waals surface area contributed by atoms with Crippen LogP contribution in [-0.2, 0) is 11.2 Å². The lowest BCUT2D eigenvalue weighted by Gasteiger charge is -2.10. The molecule has 0 spiro atoms. The second-order valence-corrected chi connectivity index (χ2v) is 3.17. The van der Waals surface area contributed by atoms with E-state index in [1.54, 1.807) is 19.1 Å². The first-order valence-corrected chi connectivity index (χ1v) is 4.38. The van der Waals surface area contributed by atoms with Gasteiger partial charge in [0.1, 0.15) is 5.75 Å². The molecule has 1 N–H and O–H groups in total. The summed E-state index contributed by atoms with van der Waals surface area (Å²) in [4.78, 5) is 10.6. The SMILES string of the molecule is COc1c(C)cc(C#N)cc1CC(=O)O. The molecule has 0 unspecified atom stereocenters. The van der Waals surface area contributed by atoms with E-state index in [0.29, 0.717) is 16.9 Å². The van der Waals surface area contributed by atoms with Crippen LogP contribution in [0.2, 0.25) is 0 Å². The maximum absolute atomic E-state index is 10.6. The van der Waals surface area contributed by atoms with Gasteiger partial charge >= 0.3 is 5.97 Å². The summed E-state index contributed by atoms with van der Waals surface area (Å²) >= 11 is 0. The first kappa shape index (κ1) is 11.1. The molecule has 0 aliphatic carbocycles. The van der Waals surface area contributed by atoms with E-state index in [0.717, 1.165) is 5.56 Å². The molecule has 0 atom stereocenters. The van der Waals surface area contributed by atoms with Crippen LogP contribution in [0.15, 0.2) is 12.1 Å². The van der Waals surface area contributed by atoms with Crippen molar-refractivity contribution < 1.29 is 14.6 Å². The molecule has 15 heavy (non-hydrogen) atoms. The highest BCUT2D eigenvalue weighted by atomic mass is 16.5. The van der Waals surface area contributed by atoms with Gasteiger partial charge in [0.25, 0.3) is 0 Å². The monoisotopic (exact) mass is 205 g/mol. The maximum Gasteiger partial charge on any atom is 0.307 e. The third-order valence-electron chi connectivity index (χ3n) is 2.03. The fourth-order valence-corrected chi connectivity index (χ4v) is 1.50. The van der Waals surface area contributed by atoms with Gasteiger partial charge in [0.2, 0.25) is 0 Å². The van der Waals surface area contributed by atoms with Gasteiger partial charge in [-0.25, -0.2) is 0 Å². The third kappa shape index (κ3) is 2.47. The highest BCUT2D eigenvalue weighted by Crippen LogP contribution is 2.25. The summed E-state index contributed by atoms with van der Waals surface area (Å²) in [7, 11) is 1.49. The fraction of sp³-hybridized carbons (Fsp3) is 0.273. The predicted molar refractivity (Wildman–Crippen MR) is 53.8 cm³/mol. The average Bonchev–Trinajstić information content (AvgIpc) is 2.16. The smallest absolute Gasteiger partial charge is 0.307 e. The number of methoxy groups -OCH3 is 1. The second kappa shape index (κ2) is 4.47. The number of aliphatic carboxylic acids is 1. The standard InChI is InChI=1S/C11H11NO3/c1-7-3-8(6-12)4-9(5-10(13)14)11(7)15-2/h3-4H,5H2,1-2H3,(H,13,14). The third-order valence-corrected chi connectivity index (χ3v) is 2.03. The van der Waals surface area contributed by atoms with Crippen molar-refractivity contribution in [1.82, 2.24) is 0 Å². The summed E-state index contributed by atoms with van der Waals surface area (Å²) in [6.07, 6.45) is -0.139. The van der Waals surface area contributed by atoms with E-state index < -0.39 is 5.97 Å². The number of nitriles is 1. The van der Waals surface area contributed by atoms with Crippen molar-refractivity contribution in [2.75, 3.05) is 7.11 Å². The van der Waals surface area contributed by atoms with Crippen LogP contribution in [0, 0.1) is 18.3 Å². The Morgan fingerprint density at radius 3 is 2.73 bits per heavy atom. The Bertz CT molecular complexity index is 432. The Morgan fingerprint density at radius 2 is 2.27 bits per heavy atom. The molecule has 0 heterocycles. The Labute approximate surface area is 87.7 Å². The van der Waals surface area contributed by atoms with Crippen molar-refractivity contribution in [1.29, 1.82) is 5.26 Å². The average molecular weight is 205 g/mol. The zero-order valence-electron chi connectivity index (χ0n) is 8.57. The summed E-state index contributed by atoms with van der Waals surface area (Å²) in [6.45, 7) is 1.78. The Hall–Kier alpha value is -2.02. The van der Waals surface area contributed by atoms with Gasteiger partial charge < -0.3 is 9.84 Å². The highest BCUT2D eigenvalue weighted by Gasteiger charge is 2.11. The van der Waals surface area contributed by atoms with E-state index in [1.165, 1.54) is 7.11 Å². The zero-order chi connectivity index (χ0) is 11.4. The molecule has 0 bridgehead atoms. The van der Waals surface area contributed by atoms with Gasteiger partial charge in [0, 0.05) is 5.56 Å². The van der Waals surface area contributed by atoms with Crippen LogP contribution >= 0.6 is 0 Å². The Kier molecular flexibility index (Phi) is 3.29. The van der Waals surface area contributed by atoms with Crippen molar-refractivity contribution in [3.05, 3.63) is 28.8 Å². The summed E-state index contributed by atoms with van der Waals surface area (Å²) in [6, 6.07) is 5.20. The van der Waals surface area contributed by atoms with E-state index in [9.17, 15) is 4.79 Å². The number of hydrogen-bond donors (Lipinski definition) is 1. The molecule has 78 valence electrons. The van der Waals surface area contributed by atoms with Gasteiger partial charge in [0.05, 0.1) is 25.2 Å².